The van der Waals surface area contributed by atoms with E-state index in [1.807, 2.05) is 62.4 Å². The van der Waals surface area contributed by atoms with Crippen LogP contribution in [0.5, 0.6) is 0 Å². The van der Waals surface area contributed by atoms with Gasteiger partial charge in [-0.3, -0.25) is 4.31 Å². The molecule has 0 aromatic heterocycles. The van der Waals surface area contributed by atoms with Crippen LogP contribution in [0.4, 0.5) is 5.69 Å². The van der Waals surface area contributed by atoms with Crippen LogP contribution in [-0.4, -0.2) is 14.5 Å². The molecule has 0 spiro atoms. The van der Waals surface area contributed by atoms with Gasteiger partial charge in [-0.1, -0.05) is 42.5 Å². The number of hydrogen-bond acceptors (Lipinski definition) is 2. The van der Waals surface area contributed by atoms with Crippen LogP contribution in [0, 0.1) is 6.92 Å². The van der Waals surface area contributed by atoms with Crippen molar-refractivity contribution in [3.63, 3.8) is 0 Å². The molecule has 0 radical (unpaired) electrons. The lowest BCUT2D eigenvalue weighted by Crippen LogP contribution is -2.36. The van der Waals surface area contributed by atoms with Gasteiger partial charge in [0, 0.05) is 6.04 Å². The largest absolute Gasteiger partial charge is 0.267 e. The molecule has 2 aromatic rings. The van der Waals surface area contributed by atoms with E-state index in [1.54, 1.807) is 4.31 Å². The molecule has 1 unspecified atom stereocenters. The van der Waals surface area contributed by atoms with E-state index in [0.717, 1.165) is 28.8 Å². The van der Waals surface area contributed by atoms with Crippen molar-refractivity contribution in [2.45, 2.75) is 32.1 Å². The predicted octanol–water partition coefficient (Wildman–Crippen LogP) is 3.28. The molecule has 0 saturated carbocycles. The molecule has 2 aromatic carbocycles. The molecule has 0 amide bonds. The predicted molar refractivity (Wildman–Crippen MR) is 85.9 cm³/mol. The zero-order valence-corrected chi connectivity index (χ0v) is 13.1. The number of para-hydroxylation sites is 1. The Kier molecular flexibility index (Phi) is 3.49. The molecule has 1 atom stereocenters. The van der Waals surface area contributed by atoms with Gasteiger partial charge in [-0.25, -0.2) is 8.42 Å². The van der Waals surface area contributed by atoms with Gasteiger partial charge in [-0.2, -0.15) is 0 Å². The van der Waals surface area contributed by atoms with Crippen molar-refractivity contribution in [1.82, 2.24) is 0 Å². The molecule has 21 heavy (non-hydrogen) atoms. The van der Waals surface area contributed by atoms with E-state index in [0.29, 0.717) is 0 Å². The Hall–Kier alpha value is -1.81. The fourth-order valence-electron chi connectivity index (χ4n) is 3.00. The second kappa shape index (κ2) is 5.19. The molecule has 110 valence electrons. The lowest BCUT2D eigenvalue weighted by molar-refractivity contribution is 0.583. The number of nitrogens with zero attached hydrogens (tertiary/aromatic N) is 1. The Morgan fingerprint density at radius 3 is 2.52 bits per heavy atom. The van der Waals surface area contributed by atoms with Crippen molar-refractivity contribution in [2.75, 3.05) is 4.31 Å². The van der Waals surface area contributed by atoms with E-state index in [9.17, 15) is 8.42 Å². The zero-order chi connectivity index (χ0) is 15.0. The van der Waals surface area contributed by atoms with Crippen molar-refractivity contribution in [3.05, 3.63) is 65.2 Å². The number of hydrogen-bond donors (Lipinski definition) is 0. The van der Waals surface area contributed by atoms with E-state index in [-0.39, 0.29) is 11.8 Å². The maximum Gasteiger partial charge on any atom is 0.239 e. The van der Waals surface area contributed by atoms with Crippen molar-refractivity contribution in [2.24, 2.45) is 0 Å². The van der Waals surface area contributed by atoms with Gasteiger partial charge in [0.05, 0.1) is 11.4 Å². The van der Waals surface area contributed by atoms with Gasteiger partial charge < -0.3 is 0 Å². The minimum absolute atomic E-state index is 0.0172. The minimum atomic E-state index is -3.36. The van der Waals surface area contributed by atoms with Crippen molar-refractivity contribution in [3.8, 4) is 0 Å². The lowest BCUT2D eigenvalue weighted by atomic mass is 10.1. The van der Waals surface area contributed by atoms with Gasteiger partial charge in [-0.15, -0.1) is 0 Å². The normalized spacial score (nSPS) is 17.8. The summed E-state index contributed by atoms with van der Waals surface area (Å²) < 4.78 is 27.3. The molecule has 0 bridgehead atoms. The van der Waals surface area contributed by atoms with E-state index in [4.69, 9.17) is 0 Å². The highest BCUT2D eigenvalue weighted by Crippen LogP contribution is 2.35. The SMILES string of the molecule is Cc1ccccc1CS(=O)(=O)N1c2ccccc2CC1C. The van der Waals surface area contributed by atoms with Crippen LogP contribution in [0.25, 0.3) is 0 Å². The first-order chi connectivity index (χ1) is 9.99. The molecule has 1 aliphatic heterocycles. The lowest BCUT2D eigenvalue weighted by Gasteiger charge is -2.24. The Morgan fingerprint density at radius 1 is 1.10 bits per heavy atom. The highest BCUT2D eigenvalue weighted by Gasteiger charge is 2.34. The first-order valence-electron chi connectivity index (χ1n) is 7.13. The van der Waals surface area contributed by atoms with Crippen LogP contribution >= 0.6 is 0 Å². The third kappa shape index (κ3) is 2.56. The van der Waals surface area contributed by atoms with Gasteiger partial charge >= 0.3 is 0 Å². The fraction of sp³-hybridized carbons (Fsp3) is 0.294. The third-order valence-corrected chi connectivity index (χ3v) is 5.88. The summed E-state index contributed by atoms with van der Waals surface area (Å²) in [5, 5.41) is 0. The van der Waals surface area contributed by atoms with Gasteiger partial charge in [0.2, 0.25) is 10.0 Å². The van der Waals surface area contributed by atoms with Gasteiger partial charge in [-0.05, 0) is 43.0 Å². The van der Waals surface area contributed by atoms with Crippen LogP contribution < -0.4 is 4.31 Å². The summed E-state index contributed by atoms with van der Waals surface area (Å²) in [6.07, 6.45) is 0.781. The maximum absolute atomic E-state index is 12.9. The number of rotatable bonds is 3. The molecule has 0 aliphatic carbocycles. The number of fused-ring (bicyclic) bond motifs is 1. The topological polar surface area (TPSA) is 37.4 Å². The monoisotopic (exact) mass is 301 g/mol. The van der Waals surface area contributed by atoms with E-state index in [1.165, 1.54) is 0 Å². The minimum Gasteiger partial charge on any atom is -0.267 e. The summed E-state index contributed by atoms with van der Waals surface area (Å²) >= 11 is 0. The summed E-state index contributed by atoms with van der Waals surface area (Å²) in [7, 11) is -3.36. The maximum atomic E-state index is 12.9. The Labute approximate surface area is 126 Å². The second-order valence-electron chi connectivity index (χ2n) is 5.66. The molecule has 3 rings (SSSR count). The first-order valence-corrected chi connectivity index (χ1v) is 8.74. The third-order valence-electron chi connectivity index (χ3n) is 4.04. The number of aryl methyl sites for hydroxylation is 1. The van der Waals surface area contributed by atoms with E-state index >= 15 is 0 Å². The molecule has 1 aliphatic rings. The smallest absolute Gasteiger partial charge is 0.239 e. The van der Waals surface area contributed by atoms with E-state index < -0.39 is 10.0 Å². The molecular formula is C17H19NO2S. The number of benzene rings is 2. The van der Waals surface area contributed by atoms with Crippen LogP contribution in [0.1, 0.15) is 23.6 Å². The summed E-state index contributed by atoms with van der Waals surface area (Å²) in [4.78, 5) is 0. The summed E-state index contributed by atoms with van der Waals surface area (Å²) in [5.74, 6) is 0.0539. The molecule has 0 saturated heterocycles. The highest BCUT2D eigenvalue weighted by atomic mass is 32.2. The van der Waals surface area contributed by atoms with Gasteiger partial charge in [0.25, 0.3) is 0 Å². The van der Waals surface area contributed by atoms with E-state index in [2.05, 4.69) is 0 Å². The second-order valence-corrected chi connectivity index (χ2v) is 7.51. The molecular weight excluding hydrogens is 282 g/mol. The average molecular weight is 301 g/mol. The summed E-state index contributed by atoms with van der Waals surface area (Å²) in [6, 6.07) is 15.4. The number of sulfonamides is 1. The highest BCUT2D eigenvalue weighted by molar-refractivity contribution is 7.92. The summed E-state index contributed by atoms with van der Waals surface area (Å²) in [6.45, 7) is 3.92. The van der Waals surface area contributed by atoms with Crippen molar-refractivity contribution >= 4 is 15.7 Å². The van der Waals surface area contributed by atoms with Crippen molar-refractivity contribution in [1.29, 1.82) is 0 Å². The molecule has 0 fully saturated rings. The van der Waals surface area contributed by atoms with Crippen molar-refractivity contribution < 1.29 is 8.42 Å². The quantitative estimate of drug-likeness (QED) is 0.872. The van der Waals surface area contributed by atoms with Gasteiger partial charge in [0.15, 0.2) is 0 Å². The van der Waals surface area contributed by atoms with Crippen LogP contribution in [0.15, 0.2) is 48.5 Å². The average Bonchev–Trinajstić information content (AvgIpc) is 2.77. The Morgan fingerprint density at radius 2 is 1.76 bits per heavy atom. The summed E-state index contributed by atoms with van der Waals surface area (Å²) in [5.41, 5.74) is 3.83. The standard InChI is InChI=1S/C17H19NO2S/c1-13-7-3-4-9-16(13)12-21(19,20)18-14(2)11-15-8-5-6-10-17(15)18/h3-10,14H,11-12H2,1-2H3. The Balaban J connectivity index is 1.98. The molecule has 1 heterocycles. The van der Waals surface area contributed by atoms with Crippen LogP contribution in [0.2, 0.25) is 0 Å². The number of anilines is 1. The zero-order valence-electron chi connectivity index (χ0n) is 12.3. The fourth-order valence-corrected chi connectivity index (χ4v) is 4.96. The van der Waals surface area contributed by atoms with Crippen LogP contribution in [-0.2, 0) is 22.2 Å². The first kappa shape index (κ1) is 14.1. The Bertz CT molecular complexity index is 768. The molecule has 3 nitrogen and oxygen atoms in total. The van der Waals surface area contributed by atoms with Crippen LogP contribution in [0.3, 0.4) is 0 Å². The molecule has 0 N–H and O–H groups in total. The van der Waals surface area contributed by atoms with Gasteiger partial charge in [0.1, 0.15) is 0 Å². The molecule has 4 heteroatoms.